The molecule has 0 aliphatic carbocycles. The van der Waals surface area contributed by atoms with E-state index in [9.17, 15) is 14.0 Å². The van der Waals surface area contributed by atoms with Gasteiger partial charge < -0.3 is 15.5 Å². The third-order valence-corrected chi connectivity index (χ3v) is 4.22. The van der Waals surface area contributed by atoms with E-state index in [0.29, 0.717) is 12.2 Å². The molecule has 25 heavy (non-hydrogen) atoms. The van der Waals surface area contributed by atoms with Crippen LogP contribution in [0.25, 0.3) is 0 Å². The van der Waals surface area contributed by atoms with Crippen LogP contribution in [0.1, 0.15) is 17.5 Å². The summed E-state index contributed by atoms with van der Waals surface area (Å²) in [5.74, 6) is -0.531. The van der Waals surface area contributed by atoms with Crippen LogP contribution in [0.2, 0.25) is 0 Å². The maximum Gasteiger partial charge on any atom is 0.319 e. The predicted octanol–water partition coefficient (Wildman–Crippen LogP) is 3.37. The van der Waals surface area contributed by atoms with Crippen molar-refractivity contribution >= 4 is 23.3 Å². The van der Waals surface area contributed by atoms with Gasteiger partial charge in [-0.1, -0.05) is 18.2 Å². The van der Waals surface area contributed by atoms with Crippen LogP contribution in [0.4, 0.5) is 20.6 Å². The van der Waals surface area contributed by atoms with Crippen LogP contribution in [0, 0.1) is 19.7 Å². The van der Waals surface area contributed by atoms with Crippen molar-refractivity contribution < 1.29 is 14.0 Å². The molecule has 6 heteroatoms. The molecule has 3 amide bonds. The van der Waals surface area contributed by atoms with Crippen LogP contribution in [0.3, 0.4) is 0 Å². The Morgan fingerprint density at radius 1 is 1.20 bits per heavy atom. The first-order valence-electron chi connectivity index (χ1n) is 8.13. The van der Waals surface area contributed by atoms with Gasteiger partial charge in [-0.15, -0.1) is 0 Å². The van der Waals surface area contributed by atoms with Crippen LogP contribution in [0.5, 0.6) is 0 Å². The van der Waals surface area contributed by atoms with E-state index in [1.807, 2.05) is 32.0 Å². The first-order chi connectivity index (χ1) is 11.9. The predicted molar refractivity (Wildman–Crippen MR) is 95.2 cm³/mol. The van der Waals surface area contributed by atoms with Gasteiger partial charge in [0.25, 0.3) is 0 Å². The number of rotatable bonds is 3. The van der Waals surface area contributed by atoms with Gasteiger partial charge in [0.2, 0.25) is 5.91 Å². The molecule has 1 saturated heterocycles. The van der Waals surface area contributed by atoms with E-state index in [4.69, 9.17) is 0 Å². The number of urea groups is 1. The number of nitrogens with one attached hydrogen (secondary N) is 2. The number of amides is 3. The normalized spacial score (nSPS) is 16.8. The molecule has 0 aromatic heterocycles. The number of halogens is 1. The Labute approximate surface area is 145 Å². The van der Waals surface area contributed by atoms with Gasteiger partial charge in [0.05, 0.1) is 6.04 Å². The molecule has 1 aliphatic heterocycles. The summed E-state index contributed by atoms with van der Waals surface area (Å²) in [6.45, 7) is 4.19. The lowest BCUT2D eigenvalue weighted by atomic mass is 10.1. The Kier molecular flexibility index (Phi) is 4.70. The minimum Gasteiger partial charge on any atom is -0.333 e. The van der Waals surface area contributed by atoms with Gasteiger partial charge >= 0.3 is 6.03 Å². The molecular weight excluding hydrogens is 321 g/mol. The largest absolute Gasteiger partial charge is 0.333 e. The van der Waals surface area contributed by atoms with E-state index in [-0.39, 0.29) is 24.4 Å². The fourth-order valence-electron chi connectivity index (χ4n) is 2.91. The molecular formula is C19H20FN3O2. The molecule has 2 aromatic carbocycles. The molecule has 1 heterocycles. The molecule has 0 saturated carbocycles. The van der Waals surface area contributed by atoms with Crippen molar-refractivity contribution in [1.29, 1.82) is 0 Å². The lowest BCUT2D eigenvalue weighted by Crippen LogP contribution is -2.39. The van der Waals surface area contributed by atoms with Crippen LogP contribution < -0.4 is 15.5 Å². The quantitative estimate of drug-likeness (QED) is 0.899. The second-order valence-electron chi connectivity index (χ2n) is 6.30. The highest BCUT2D eigenvalue weighted by molar-refractivity contribution is 5.97. The zero-order valence-electron chi connectivity index (χ0n) is 14.2. The first-order valence-corrected chi connectivity index (χ1v) is 8.13. The Hall–Kier alpha value is -2.89. The number of carbonyl (C=O) groups is 2. The number of nitrogens with zero attached hydrogens (tertiary/aromatic N) is 1. The Balaban J connectivity index is 1.63. The number of anilines is 2. The standard InChI is InChI=1S/C19H20FN3O2/c1-12-6-7-13(2)17(8-12)22-19(25)21-15-10-18(24)23(11-15)16-5-3-4-14(20)9-16/h3-9,15H,10-11H2,1-2H3,(H2,21,22,25)/t15-/m1/s1. The summed E-state index contributed by atoms with van der Waals surface area (Å²) in [5.41, 5.74) is 3.26. The summed E-state index contributed by atoms with van der Waals surface area (Å²) in [7, 11) is 0. The average molecular weight is 341 g/mol. The van der Waals surface area contributed by atoms with Crippen LogP contribution in [0.15, 0.2) is 42.5 Å². The van der Waals surface area contributed by atoms with Crippen LogP contribution in [-0.4, -0.2) is 24.5 Å². The molecule has 0 spiro atoms. The minimum absolute atomic E-state index is 0.136. The third-order valence-electron chi connectivity index (χ3n) is 4.22. The Morgan fingerprint density at radius 2 is 2.00 bits per heavy atom. The van der Waals surface area contributed by atoms with Gasteiger partial charge in [0.15, 0.2) is 0 Å². The third kappa shape index (κ3) is 3.96. The van der Waals surface area contributed by atoms with Crippen molar-refractivity contribution in [2.45, 2.75) is 26.3 Å². The number of benzene rings is 2. The maximum atomic E-state index is 13.3. The van der Waals surface area contributed by atoms with Crippen molar-refractivity contribution in [1.82, 2.24) is 5.32 Å². The zero-order valence-corrected chi connectivity index (χ0v) is 14.2. The van der Waals surface area contributed by atoms with Crippen molar-refractivity contribution in [2.75, 3.05) is 16.8 Å². The van der Waals surface area contributed by atoms with E-state index in [1.54, 1.807) is 12.1 Å². The smallest absolute Gasteiger partial charge is 0.319 e. The topological polar surface area (TPSA) is 61.4 Å². The van der Waals surface area contributed by atoms with E-state index in [0.717, 1.165) is 16.8 Å². The van der Waals surface area contributed by atoms with E-state index < -0.39 is 5.82 Å². The monoisotopic (exact) mass is 341 g/mol. The number of hydrogen-bond donors (Lipinski definition) is 2. The summed E-state index contributed by atoms with van der Waals surface area (Å²) in [6, 6.07) is 11.0. The number of aryl methyl sites for hydroxylation is 2. The van der Waals surface area contributed by atoms with Crippen molar-refractivity contribution in [3.8, 4) is 0 Å². The van der Waals surface area contributed by atoms with Gasteiger partial charge in [-0.25, -0.2) is 9.18 Å². The summed E-state index contributed by atoms with van der Waals surface area (Å²) in [6.07, 6.45) is 0.191. The van der Waals surface area contributed by atoms with E-state index in [2.05, 4.69) is 10.6 Å². The Bertz CT molecular complexity index is 822. The second-order valence-corrected chi connectivity index (χ2v) is 6.30. The highest BCUT2D eigenvalue weighted by atomic mass is 19.1. The van der Waals surface area contributed by atoms with Crippen LogP contribution >= 0.6 is 0 Å². The number of carbonyl (C=O) groups excluding carboxylic acids is 2. The van der Waals surface area contributed by atoms with E-state index in [1.165, 1.54) is 17.0 Å². The molecule has 1 aliphatic rings. The fraction of sp³-hybridized carbons (Fsp3) is 0.263. The summed E-state index contributed by atoms with van der Waals surface area (Å²) in [5, 5.41) is 5.63. The number of hydrogen-bond acceptors (Lipinski definition) is 2. The molecule has 3 rings (SSSR count). The Morgan fingerprint density at radius 3 is 2.76 bits per heavy atom. The molecule has 0 unspecified atom stereocenters. The first kappa shape index (κ1) is 17.0. The lowest BCUT2D eigenvalue weighted by Gasteiger charge is -2.18. The second kappa shape index (κ2) is 6.93. The van der Waals surface area contributed by atoms with Gasteiger partial charge in [0, 0.05) is 24.3 Å². The summed E-state index contributed by atoms with van der Waals surface area (Å²) >= 11 is 0. The van der Waals surface area contributed by atoms with Crippen molar-refractivity contribution in [3.05, 3.63) is 59.4 Å². The molecule has 1 fully saturated rings. The van der Waals surface area contributed by atoms with Gasteiger partial charge in [0.1, 0.15) is 5.82 Å². The average Bonchev–Trinajstić information content (AvgIpc) is 2.91. The van der Waals surface area contributed by atoms with Gasteiger partial charge in [-0.05, 0) is 49.2 Å². The molecule has 1 atom stereocenters. The summed E-state index contributed by atoms with van der Waals surface area (Å²) in [4.78, 5) is 25.9. The zero-order chi connectivity index (χ0) is 18.0. The van der Waals surface area contributed by atoms with Crippen molar-refractivity contribution in [3.63, 3.8) is 0 Å². The van der Waals surface area contributed by atoms with Crippen LogP contribution in [-0.2, 0) is 4.79 Å². The van der Waals surface area contributed by atoms with Gasteiger partial charge in [-0.2, -0.15) is 0 Å². The molecule has 0 bridgehead atoms. The summed E-state index contributed by atoms with van der Waals surface area (Å²) < 4.78 is 13.3. The lowest BCUT2D eigenvalue weighted by molar-refractivity contribution is -0.117. The molecule has 5 nitrogen and oxygen atoms in total. The fourth-order valence-corrected chi connectivity index (χ4v) is 2.91. The maximum absolute atomic E-state index is 13.3. The molecule has 2 N–H and O–H groups in total. The molecule has 2 aromatic rings. The molecule has 130 valence electrons. The highest BCUT2D eigenvalue weighted by Gasteiger charge is 2.31. The SMILES string of the molecule is Cc1ccc(C)c(NC(=O)N[C@@H]2CC(=O)N(c3cccc(F)c3)C2)c1. The van der Waals surface area contributed by atoms with Crippen molar-refractivity contribution in [2.24, 2.45) is 0 Å². The molecule has 0 radical (unpaired) electrons. The van der Waals surface area contributed by atoms with E-state index >= 15 is 0 Å². The highest BCUT2D eigenvalue weighted by Crippen LogP contribution is 2.22. The van der Waals surface area contributed by atoms with Gasteiger partial charge in [-0.3, -0.25) is 4.79 Å². The minimum atomic E-state index is -0.394.